The largest absolute Gasteiger partial charge is 0.465 e. The van der Waals surface area contributed by atoms with E-state index in [1.165, 1.54) is 35.3 Å². The van der Waals surface area contributed by atoms with Gasteiger partial charge in [-0.2, -0.15) is 5.10 Å². The molecule has 0 radical (unpaired) electrons. The van der Waals surface area contributed by atoms with Gasteiger partial charge in [0, 0.05) is 12.7 Å². The van der Waals surface area contributed by atoms with Crippen LogP contribution in [0.5, 0.6) is 0 Å². The summed E-state index contributed by atoms with van der Waals surface area (Å²) in [5.41, 5.74) is 0.597. The van der Waals surface area contributed by atoms with Crippen molar-refractivity contribution < 1.29 is 23.1 Å². The van der Waals surface area contributed by atoms with E-state index in [-0.39, 0.29) is 16.8 Å². The number of ether oxygens (including phenoxy) is 1. The molecule has 2 aromatic carbocycles. The summed E-state index contributed by atoms with van der Waals surface area (Å²) in [5.74, 6) is -2.92. The molecule has 0 aliphatic carbocycles. The van der Waals surface area contributed by atoms with E-state index in [0.29, 0.717) is 11.4 Å². The molecular formula is C20H16F2N4O3. The molecule has 2 heterocycles. The highest BCUT2D eigenvalue weighted by Gasteiger charge is 2.42. The number of benzene rings is 2. The van der Waals surface area contributed by atoms with Crippen LogP contribution in [0.2, 0.25) is 0 Å². The third-order valence-electron chi connectivity index (χ3n) is 4.94. The molecule has 4 rings (SSSR count). The average Bonchev–Trinajstić information content (AvgIpc) is 3.12. The molecule has 1 aliphatic rings. The van der Waals surface area contributed by atoms with Gasteiger partial charge in [-0.05, 0) is 29.8 Å². The Morgan fingerprint density at radius 2 is 1.90 bits per heavy atom. The molecule has 7 nitrogen and oxygen atoms in total. The van der Waals surface area contributed by atoms with Crippen LogP contribution in [0.25, 0.3) is 0 Å². The number of fused-ring (bicyclic) bond motifs is 1. The first-order chi connectivity index (χ1) is 13.9. The van der Waals surface area contributed by atoms with Gasteiger partial charge in [0.1, 0.15) is 29.7 Å². The van der Waals surface area contributed by atoms with Crippen LogP contribution < -0.4 is 5.32 Å². The summed E-state index contributed by atoms with van der Waals surface area (Å²) in [4.78, 5) is 29.9. The van der Waals surface area contributed by atoms with Gasteiger partial charge in [0.2, 0.25) is 0 Å². The van der Waals surface area contributed by atoms with E-state index in [1.54, 1.807) is 7.05 Å². The summed E-state index contributed by atoms with van der Waals surface area (Å²) in [7, 11) is 2.79. The number of ketones is 1. The number of hydrogen-bond donors (Lipinski definition) is 1. The summed E-state index contributed by atoms with van der Waals surface area (Å²) in [6.45, 7) is 0. The Bertz CT molecular complexity index is 1110. The van der Waals surface area contributed by atoms with Crippen molar-refractivity contribution in [3.05, 3.63) is 76.9 Å². The van der Waals surface area contributed by atoms with Gasteiger partial charge in [0.05, 0.1) is 24.3 Å². The normalized spacial score (nSPS) is 18.1. The Balaban J connectivity index is 1.93. The monoisotopic (exact) mass is 398 g/mol. The number of rotatable bonds is 3. The lowest BCUT2D eigenvalue weighted by Crippen LogP contribution is -2.35. The molecule has 0 spiro atoms. The highest BCUT2D eigenvalue weighted by atomic mass is 19.1. The molecule has 0 fully saturated rings. The number of nitrogens with zero attached hydrogens (tertiary/aromatic N) is 3. The van der Waals surface area contributed by atoms with E-state index in [4.69, 9.17) is 4.74 Å². The van der Waals surface area contributed by atoms with Crippen molar-refractivity contribution in [1.82, 2.24) is 14.8 Å². The summed E-state index contributed by atoms with van der Waals surface area (Å²) in [6.07, 6.45) is 1.31. The Kier molecular flexibility index (Phi) is 4.57. The SMILES string of the molecule is COC(=O)c1cc(F)cc2c1C(=O)[C@H](c1ncnn1C)[C@@H](c1ccc(F)cc1)N2. The molecule has 0 amide bonds. The van der Waals surface area contributed by atoms with E-state index < -0.39 is 35.3 Å². The van der Waals surface area contributed by atoms with Crippen molar-refractivity contribution >= 4 is 17.4 Å². The molecule has 2 atom stereocenters. The number of methoxy groups -OCH3 is 1. The third-order valence-corrected chi connectivity index (χ3v) is 4.94. The number of carbonyl (C=O) groups is 2. The maximum absolute atomic E-state index is 14.2. The van der Waals surface area contributed by atoms with Crippen LogP contribution in [0.15, 0.2) is 42.7 Å². The molecule has 0 saturated heterocycles. The molecule has 1 aliphatic heterocycles. The van der Waals surface area contributed by atoms with Gasteiger partial charge in [-0.3, -0.25) is 9.48 Å². The van der Waals surface area contributed by atoms with Gasteiger partial charge < -0.3 is 10.1 Å². The Hall–Kier alpha value is -3.62. The van der Waals surface area contributed by atoms with E-state index in [0.717, 1.165) is 19.2 Å². The van der Waals surface area contributed by atoms with Crippen LogP contribution in [0.1, 0.15) is 44.1 Å². The van der Waals surface area contributed by atoms with Gasteiger partial charge >= 0.3 is 5.97 Å². The third kappa shape index (κ3) is 3.14. The second-order valence-electron chi connectivity index (χ2n) is 6.62. The number of nitrogens with one attached hydrogen (secondary N) is 1. The molecule has 0 unspecified atom stereocenters. The Morgan fingerprint density at radius 3 is 2.52 bits per heavy atom. The standard InChI is InChI=1S/C20H16F2N4O3/c1-26-19(23-9-24-26)16-17(10-3-5-11(21)6-4-10)25-14-8-12(22)7-13(20(28)29-2)15(14)18(16)27/h3-9,16-17,25H,1-2H3/t16-,17-/m1/s1. The highest BCUT2D eigenvalue weighted by Crippen LogP contribution is 2.43. The summed E-state index contributed by atoms with van der Waals surface area (Å²) in [6, 6.07) is 7.06. The predicted octanol–water partition coefficient (Wildman–Crippen LogP) is 3.01. The van der Waals surface area contributed by atoms with Gasteiger partial charge in [0.25, 0.3) is 0 Å². The molecule has 148 valence electrons. The smallest absolute Gasteiger partial charge is 0.338 e. The maximum Gasteiger partial charge on any atom is 0.338 e. The molecular weight excluding hydrogens is 382 g/mol. The quantitative estimate of drug-likeness (QED) is 0.683. The summed E-state index contributed by atoms with van der Waals surface area (Å²) < 4.78 is 33.8. The molecule has 0 bridgehead atoms. The molecule has 0 saturated carbocycles. The average molecular weight is 398 g/mol. The van der Waals surface area contributed by atoms with E-state index >= 15 is 0 Å². The minimum atomic E-state index is -0.880. The number of Topliss-reactive ketones (excluding diaryl/α,β-unsaturated/α-hetero) is 1. The van der Waals surface area contributed by atoms with Crippen LogP contribution in [0, 0.1) is 11.6 Å². The fraction of sp³-hybridized carbons (Fsp3) is 0.200. The zero-order chi connectivity index (χ0) is 20.7. The number of aromatic nitrogens is 3. The van der Waals surface area contributed by atoms with Crippen molar-refractivity contribution in [2.24, 2.45) is 7.05 Å². The lowest BCUT2D eigenvalue weighted by Gasteiger charge is -2.34. The van der Waals surface area contributed by atoms with Gasteiger partial charge in [-0.15, -0.1) is 0 Å². The summed E-state index contributed by atoms with van der Waals surface area (Å²) >= 11 is 0. The van der Waals surface area contributed by atoms with Crippen molar-refractivity contribution in [3.63, 3.8) is 0 Å². The number of halogens is 2. The minimum Gasteiger partial charge on any atom is -0.465 e. The zero-order valence-corrected chi connectivity index (χ0v) is 15.5. The number of esters is 1. The molecule has 9 heteroatoms. The number of aryl methyl sites for hydroxylation is 1. The predicted molar refractivity (Wildman–Crippen MR) is 98.6 cm³/mol. The first-order valence-electron chi connectivity index (χ1n) is 8.72. The van der Waals surface area contributed by atoms with Crippen molar-refractivity contribution in [1.29, 1.82) is 0 Å². The first-order valence-corrected chi connectivity index (χ1v) is 8.72. The van der Waals surface area contributed by atoms with Gasteiger partial charge in [-0.25, -0.2) is 18.6 Å². The van der Waals surface area contributed by atoms with E-state index in [9.17, 15) is 18.4 Å². The Labute approximate surface area is 164 Å². The zero-order valence-electron chi connectivity index (χ0n) is 15.5. The lowest BCUT2D eigenvalue weighted by atomic mass is 9.80. The van der Waals surface area contributed by atoms with E-state index in [2.05, 4.69) is 15.4 Å². The number of anilines is 1. The maximum atomic E-state index is 14.2. The fourth-order valence-electron chi connectivity index (χ4n) is 3.61. The van der Waals surface area contributed by atoms with Crippen molar-refractivity contribution in [3.8, 4) is 0 Å². The molecule has 29 heavy (non-hydrogen) atoms. The number of carbonyl (C=O) groups excluding carboxylic acids is 2. The number of hydrogen-bond acceptors (Lipinski definition) is 6. The fourth-order valence-corrected chi connectivity index (χ4v) is 3.61. The molecule has 3 aromatic rings. The van der Waals surface area contributed by atoms with Crippen molar-refractivity contribution in [2.45, 2.75) is 12.0 Å². The highest BCUT2D eigenvalue weighted by molar-refractivity contribution is 6.14. The van der Waals surface area contributed by atoms with Crippen LogP contribution in [0.3, 0.4) is 0 Å². The lowest BCUT2D eigenvalue weighted by molar-refractivity contribution is 0.0595. The minimum absolute atomic E-state index is 0.0182. The van der Waals surface area contributed by atoms with Crippen LogP contribution in [-0.4, -0.2) is 33.6 Å². The first kappa shape index (κ1) is 18.7. The second kappa shape index (κ2) is 7.08. The van der Waals surface area contributed by atoms with Crippen LogP contribution in [0.4, 0.5) is 14.5 Å². The van der Waals surface area contributed by atoms with Gasteiger partial charge in [0.15, 0.2) is 5.78 Å². The van der Waals surface area contributed by atoms with E-state index in [1.807, 2.05) is 0 Å². The van der Waals surface area contributed by atoms with Crippen LogP contribution in [-0.2, 0) is 11.8 Å². The summed E-state index contributed by atoms with van der Waals surface area (Å²) in [5, 5.41) is 7.14. The van der Waals surface area contributed by atoms with Gasteiger partial charge in [-0.1, -0.05) is 12.1 Å². The molecule has 1 aromatic heterocycles. The topological polar surface area (TPSA) is 86.1 Å². The van der Waals surface area contributed by atoms with Crippen molar-refractivity contribution in [2.75, 3.05) is 12.4 Å². The van der Waals surface area contributed by atoms with Crippen LogP contribution >= 0.6 is 0 Å². The molecule has 1 N–H and O–H groups in total. The second-order valence-corrected chi connectivity index (χ2v) is 6.62. The Morgan fingerprint density at radius 1 is 1.17 bits per heavy atom.